The van der Waals surface area contributed by atoms with Crippen molar-refractivity contribution in [3.05, 3.63) is 48.5 Å². The van der Waals surface area contributed by atoms with Crippen LogP contribution in [0.2, 0.25) is 0 Å². The molecule has 4 rings (SSSR count). The van der Waals surface area contributed by atoms with E-state index in [9.17, 15) is 20.1 Å². The zero-order valence-corrected chi connectivity index (χ0v) is 15.6. The molecule has 0 aliphatic heterocycles. The van der Waals surface area contributed by atoms with Crippen molar-refractivity contribution < 1.29 is 20.1 Å². The van der Waals surface area contributed by atoms with Crippen molar-refractivity contribution in [3.63, 3.8) is 0 Å². The summed E-state index contributed by atoms with van der Waals surface area (Å²) in [5.74, 6) is -0.917. The van der Waals surface area contributed by atoms with E-state index in [0.29, 0.717) is 21.8 Å². The number of aromatic amines is 2. The van der Waals surface area contributed by atoms with E-state index in [1.807, 2.05) is 6.07 Å². The highest BCUT2D eigenvalue weighted by atomic mass is 16.3. The Hall–Kier alpha value is -4.05. The molecule has 1 unspecified atom stereocenters. The number of nitrogens with zero attached hydrogens (tertiary/aromatic N) is 4. The first kappa shape index (κ1) is 19.3. The molecule has 2 heterocycles. The first-order valence-electron chi connectivity index (χ1n) is 9.16. The summed E-state index contributed by atoms with van der Waals surface area (Å²) in [5, 5.41) is 46.2. The highest BCUT2D eigenvalue weighted by Gasteiger charge is 2.13. The minimum atomic E-state index is -1.25. The number of rotatable bonds is 6. The molecular weight excluding hydrogens is 388 g/mol. The number of H-pyrrole nitrogens is 2. The fourth-order valence-electron chi connectivity index (χ4n) is 3.02. The van der Waals surface area contributed by atoms with Crippen LogP contribution in [0.25, 0.3) is 21.8 Å². The molecule has 0 aliphatic carbocycles. The number of aliphatic hydroxyl groups excluding tert-OH is 1. The summed E-state index contributed by atoms with van der Waals surface area (Å²) in [7, 11) is 0. The first-order chi connectivity index (χ1) is 14.5. The average Bonchev–Trinajstić information content (AvgIpc) is 3.24. The fraction of sp³-hybridized carbons (Fsp3) is 0.150. The lowest BCUT2D eigenvalue weighted by atomic mass is 10.2. The van der Waals surface area contributed by atoms with Crippen LogP contribution in [0, 0.1) is 0 Å². The van der Waals surface area contributed by atoms with E-state index in [4.69, 9.17) is 0 Å². The Labute approximate surface area is 169 Å². The Morgan fingerprint density at radius 2 is 1.40 bits per heavy atom. The molecule has 2 aromatic carbocycles. The number of para-hydroxylation sites is 2. The van der Waals surface area contributed by atoms with Gasteiger partial charge in [0.1, 0.15) is 0 Å². The van der Waals surface area contributed by atoms with E-state index in [0.717, 1.165) is 0 Å². The summed E-state index contributed by atoms with van der Waals surface area (Å²) in [6.07, 6.45) is -1.39. The standard InChI is InChI=1S/C20H18N6O4/c27-15(23-25-17-11-5-1-3-7-13(11)21-19(17)29)9-10-16(28)24-26-18-12-6-2-4-8-14(12)22-20(18)30/h1-8,15,21-22,27,29-30H,9-10H2. The number of hydrogen-bond donors (Lipinski definition) is 5. The van der Waals surface area contributed by atoms with E-state index in [1.54, 1.807) is 42.5 Å². The molecule has 1 atom stereocenters. The Morgan fingerprint density at radius 3 is 2.00 bits per heavy atom. The molecular formula is C20H18N6O4. The van der Waals surface area contributed by atoms with Crippen LogP contribution in [-0.2, 0) is 4.79 Å². The predicted octanol–water partition coefficient (Wildman–Crippen LogP) is 4.55. The van der Waals surface area contributed by atoms with Gasteiger partial charge in [-0.1, -0.05) is 36.4 Å². The molecule has 0 aliphatic rings. The zero-order valence-electron chi connectivity index (χ0n) is 15.6. The van der Waals surface area contributed by atoms with Crippen LogP contribution < -0.4 is 0 Å². The normalized spacial score (nSPS) is 13.1. The van der Waals surface area contributed by atoms with Crippen LogP contribution >= 0.6 is 0 Å². The van der Waals surface area contributed by atoms with Crippen LogP contribution in [0.15, 0.2) is 69.0 Å². The quantitative estimate of drug-likeness (QED) is 0.297. The summed E-state index contributed by atoms with van der Waals surface area (Å²) in [6.45, 7) is 0. The maximum Gasteiger partial charge on any atom is 0.264 e. The molecule has 0 bridgehead atoms. The third-order valence-electron chi connectivity index (χ3n) is 4.49. The molecule has 10 heteroatoms. The minimum Gasteiger partial charge on any atom is -0.493 e. The van der Waals surface area contributed by atoms with Gasteiger partial charge in [-0.2, -0.15) is 5.11 Å². The Kier molecular flexibility index (Phi) is 5.22. The van der Waals surface area contributed by atoms with Gasteiger partial charge in [0.05, 0.1) is 11.0 Å². The maximum absolute atomic E-state index is 12.0. The molecule has 0 radical (unpaired) electrons. The molecule has 0 saturated heterocycles. The van der Waals surface area contributed by atoms with Crippen molar-refractivity contribution >= 4 is 39.1 Å². The number of amides is 1. The van der Waals surface area contributed by atoms with Crippen molar-refractivity contribution in [2.75, 3.05) is 0 Å². The molecule has 30 heavy (non-hydrogen) atoms. The summed E-state index contributed by atoms with van der Waals surface area (Å²) in [4.78, 5) is 17.5. The van der Waals surface area contributed by atoms with E-state index >= 15 is 0 Å². The number of aliphatic hydroxyl groups is 1. The second kappa shape index (κ2) is 8.13. The predicted molar refractivity (Wildman–Crippen MR) is 109 cm³/mol. The molecule has 1 amide bonds. The summed E-state index contributed by atoms with van der Waals surface area (Å²) in [6, 6.07) is 14.2. The number of hydrogen-bond acceptors (Lipinski definition) is 7. The summed E-state index contributed by atoms with van der Waals surface area (Å²) < 4.78 is 0. The monoisotopic (exact) mass is 406 g/mol. The van der Waals surface area contributed by atoms with Crippen molar-refractivity contribution in [2.24, 2.45) is 20.5 Å². The second-order valence-electron chi connectivity index (χ2n) is 6.56. The Morgan fingerprint density at radius 1 is 0.867 bits per heavy atom. The van der Waals surface area contributed by atoms with Gasteiger partial charge in [-0.3, -0.25) is 4.79 Å². The highest BCUT2D eigenvalue weighted by molar-refractivity contribution is 5.95. The molecule has 0 spiro atoms. The molecule has 0 fully saturated rings. The van der Waals surface area contributed by atoms with Crippen LogP contribution in [0.4, 0.5) is 11.4 Å². The number of aromatic hydroxyl groups is 2. The summed E-state index contributed by atoms with van der Waals surface area (Å²) >= 11 is 0. The maximum atomic E-state index is 12.0. The SMILES string of the molecule is O=C(CCC(O)N=Nc1c(O)[nH]c2ccccc12)N=Nc1c(O)[nH]c2ccccc12. The van der Waals surface area contributed by atoms with E-state index in [-0.39, 0.29) is 36.0 Å². The third kappa shape index (κ3) is 3.89. The van der Waals surface area contributed by atoms with Gasteiger partial charge in [0, 0.05) is 23.6 Å². The number of aromatic nitrogens is 2. The highest BCUT2D eigenvalue weighted by Crippen LogP contribution is 2.36. The van der Waals surface area contributed by atoms with Crippen LogP contribution in [0.5, 0.6) is 11.8 Å². The number of azo groups is 2. The largest absolute Gasteiger partial charge is 0.493 e. The topological polar surface area (TPSA) is 159 Å². The van der Waals surface area contributed by atoms with Crippen LogP contribution in [0.3, 0.4) is 0 Å². The van der Waals surface area contributed by atoms with Gasteiger partial charge in [-0.05, 0) is 12.1 Å². The van der Waals surface area contributed by atoms with Gasteiger partial charge in [0.15, 0.2) is 17.6 Å². The third-order valence-corrected chi connectivity index (χ3v) is 4.49. The lowest BCUT2D eigenvalue weighted by molar-refractivity contribution is -0.118. The molecule has 4 aromatic rings. The van der Waals surface area contributed by atoms with Gasteiger partial charge in [0.25, 0.3) is 5.91 Å². The van der Waals surface area contributed by atoms with Gasteiger partial charge in [-0.15, -0.1) is 15.3 Å². The van der Waals surface area contributed by atoms with Crippen molar-refractivity contribution in [1.82, 2.24) is 9.97 Å². The molecule has 10 nitrogen and oxygen atoms in total. The molecule has 0 saturated carbocycles. The van der Waals surface area contributed by atoms with Crippen LogP contribution in [-0.4, -0.2) is 37.4 Å². The van der Waals surface area contributed by atoms with E-state index in [1.165, 1.54) is 0 Å². The smallest absolute Gasteiger partial charge is 0.264 e. The molecule has 2 aromatic heterocycles. The lowest BCUT2D eigenvalue weighted by Crippen LogP contribution is -2.04. The number of carbonyl (C=O) groups excluding carboxylic acids is 1. The van der Waals surface area contributed by atoms with Gasteiger partial charge < -0.3 is 25.3 Å². The summed E-state index contributed by atoms with van der Waals surface area (Å²) in [5.41, 5.74) is 1.75. The van der Waals surface area contributed by atoms with Gasteiger partial charge in [-0.25, -0.2) is 0 Å². The van der Waals surface area contributed by atoms with E-state index in [2.05, 4.69) is 30.4 Å². The number of fused-ring (bicyclic) bond motifs is 2. The average molecular weight is 406 g/mol. The first-order valence-corrected chi connectivity index (χ1v) is 9.16. The second-order valence-corrected chi connectivity index (χ2v) is 6.56. The molecule has 5 N–H and O–H groups in total. The Balaban J connectivity index is 1.37. The van der Waals surface area contributed by atoms with Crippen molar-refractivity contribution in [3.8, 4) is 11.8 Å². The van der Waals surface area contributed by atoms with Crippen molar-refractivity contribution in [2.45, 2.75) is 19.1 Å². The molecule has 152 valence electrons. The number of nitrogens with one attached hydrogen (secondary N) is 2. The lowest BCUT2D eigenvalue weighted by Gasteiger charge is -2.01. The van der Waals surface area contributed by atoms with Gasteiger partial charge >= 0.3 is 0 Å². The fourth-order valence-corrected chi connectivity index (χ4v) is 3.02. The van der Waals surface area contributed by atoms with Crippen molar-refractivity contribution in [1.29, 1.82) is 0 Å². The van der Waals surface area contributed by atoms with E-state index < -0.39 is 12.1 Å². The van der Waals surface area contributed by atoms with Gasteiger partial charge in [0.2, 0.25) is 11.8 Å². The van der Waals surface area contributed by atoms with Crippen LogP contribution in [0.1, 0.15) is 12.8 Å². The Bertz CT molecular complexity index is 1270. The zero-order chi connectivity index (χ0) is 21.1. The number of carbonyl (C=O) groups is 1. The minimum absolute atomic E-state index is 0.0235. The number of benzene rings is 2.